The summed E-state index contributed by atoms with van der Waals surface area (Å²) < 4.78 is 10.4. The first kappa shape index (κ1) is 21.9. The average molecular weight is 302 g/mol. The summed E-state index contributed by atoms with van der Waals surface area (Å²) in [7, 11) is 0. The average Bonchev–Trinajstić information content (AvgIpc) is 2.11. The van der Waals surface area contributed by atoms with Gasteiger partial charge in [0.1, 0.15) is 5.78 Å². The quantitative estimate of drug-likeness (QED) is 0.526. The molecule has 0 spiro atoms. The van der Waals surface area contributed by atoms with Crippen LogP contribution < -0.4 is 5.11 Å². The van der Waals surface area contributed by atoms with Crippen LogP contribution in [0.3, 0.4) is 0 Å². The van der Waals surface area contributed by atoms with Crippen molar-refractivity contribution in [3.63, 3.8) is 0 Å². The number of Topliss-reactive ketones (excluding diaryl/α,β-unsaturated/α-hetero) is 1. The van der Waals surface area contributed by atoms with Crippen molar-refractivity contribution in [1.82, 2.24) is 0 Å². The normalized spacial score (nSPS) is 10.8. The van der Waals surface area contributed by atoms with Gasteiger partial charge in [-0.1, -0.05) is 20.8 Å². The van der Waals surface area contributed by atoms with Crippen LogP contribution in [0.15, 0.2) is 0 Å². The summed E-state index contributed by atoms with van der Waals surface area (Å²) in [5.41, 5.74) is -0.132. The van der Waals surface area contributed by atoms with Gasteiger partial charge in [-0.3, -0.25) is 4.79 Å². The molecule has 0 unspecified atom stereocenters. The molecule has 0 amide bonds. The van der Waals surface area contributed by atoms with E-state index in [2.05, 4.69) is 0 Å². The molecule has 0 rings (SSSR count). The fraction of sp³-hybridized carbons (Fsp3) is 0.857. The fourth-order valence-electron chi connectivity index (χ4n) is 1.07. The zero-order valence-electron chi connectivity index (χ0n) is 13.7. The first-order chi connectivity index (χ1) is 8.94. The molecule has 0 radical (unpaired) electrons. The molecule has 0 aromatic rings. The summed E-state index contributed by atoms with van der Waals surface area (Å²) in [5, 5.41) is 9.96. The van der Waals surface area contributed by atoms with Crippen LogP contribution in [0.2, 0.25) is 0 Å². The van der Waals surface area contributed by atoms with Crippen LogP contribution in [0.1, 0.15) is 61.3 Å². The second kappa shape index (κ2) is 11.3. The van der Waals surface area contributed by atoms with Crippen molar-refractivity contribution >= 4 is 27.6 Å². The van der Waals surface area contributed by atoms with Crippen molar-refractivity contribution in [3.05, 3.63) is 0 Å². The number of hydrogen-bond donors (Lipinski definition) is 0. The van der Waals surface area contributed by atoms with Gasteiger partial charge < -0.3 is 9.90 Å². The summed E-state index contributed by atoms with van der Waals surface area (Å²) in [6, 6.07) is 0. The van der Waals surface area contributed by atoms with E-state index in [0.29, 0.717) is 18.6 Å². The SMILES string of the molecule is CC(C)(C)CC(=O)CC(=O)[O-].CC(C)[O][Al+][O]C(C)C. The van der Waals surface area contributed by atoms with Gasteiger partial charge in [-0.05, 0) is 5.41 Å². The predicted molar refractivity (Wildman–Crippen MR) is 76.9 cm³/mol. The summed E-state index contributed by atoms with van der Waals surface area (Å²) >= 11 is -0.245. The van der Waals surface area contributed by atoms with E-state index < -0.39 is 12.4 Å². The molecule has 0 saturated heterocycles. The van der Waals surface area contributed by atoms with Gasteiger partial charge in [0.2, 0.25) is 0 Å². The number of carboxylic acid groups (broad SMARTS) is 1. The van der Waals surface area contributed by atoms with Crippen molar-refractivity contribution in [2.75, 3.05) is 0 Å². The number of carbonyl (C=O) groups excluding carboxylic acids is 2. The number of aliphatic carboxylic acids is 1. The molecule has 20 heavy (non-hydrogen) atoms. The second-order valence-corrected chi connectivity index (χ2v) is 7.03. The van der Waals surface area contributed by atoms with Crippen LogP contribution in [-0.2, 0) is 17.2 Å². The van der Waals surface area contributed by atoms with Gasteiger partial charge in [0.25, 0.3) is 0 Å². The third-order valence-corrected chi connectivity index (χ3v) is 3.04. The molecule has 0 aliphatic rings. The van der Waals surface area contributed by atoms with Crippen molar-refractivity contribution in [2.24, 2.45) is 5.41 Å². The van der Waals surface area contributed by atoms with Crippen molar-refractivity contribution in [2.45, 2.75) is 73.5 Å². The van der Waals surface area contributed by atoms with E-state index >= 15 is 0 Å². The number of rotatable bonds is 7. The van der Waals surface area contributed by atoms with E-state index in [4.69, 9.17) is 7.58 Å². The molecule has 0 fully saturated rings. The van der Waals surface area contributed by atoms with Gasteiger partial charge >= 0.3 is 63.4 Å². The molecule has 0 aromatic carbocycles. The van der Waals surface area contributed by atoms with Gasteiger partial charge in [-0.25, -0.2) is 0 Å². The molecule has 116 valence electrons. The Labute approximate surface area is 129 Å². The summed E-state index contributed by atoms with van der Waals surface area (Å²) in [6.45, 7) is 13.7. The number of carboxylic acids is 1. The van der Waals surface area contributed by atoms with Gasteiger partial charge in [-0.15, -0.1) is 0 Å². The van der Waals surface area contributed by atoms with Gasteiger partial charge in [0.05, 0.1) is 0 Å². The molecule has 0 atom stereocenters. The Balaban J connectivity index is 0. The molecule has 0 N–H and O–H groups in total. The third-order valence-electron chi connectivity index (χ3n) is 1.72. The molecule has 0 aliphatic carbocycles. The monoisotopic (exact) mass is 302 g/mol. The maximum absolute atomic E-state index is 10.8. The fourth-order valence-corrected chi connectivity index (χ4v) is 1.58. The van der Waals surface area contributed by atoms with Crippen molar-refractivity contribution in [3.8, 4) is 0 Å². The standard InChI is InChI=1S/C8H14O3.2C3H7O.Al/c1-8(2,3)5-6(9)4-7(10)11;2*1-3(2)4;/h4-5H2,1-3H3,(H,10,11);2*3H,1-2H3;/q;2*-1;+3/p-1. The van der Waals surface area contributed by atoms with Gasteiger partial charge in [-0.2, -0.15) is 0 Å². The molecule has 0 saturated carbocycles. The minimum absolute atomic E-state index is 0.132. The van der Waals surface area contributed by atoms with Crippen LogP contribution in [0.4, 0.5) is 0 Å². The summed E-state index contributed by atoms with van der Waals surface area (Å²) in [6.07, 6.45) is 0.440. The maximum atomic E-state index is 10.8. The first-order valence-corrected chi connectivity index (χ1v) is 7.72. The number of ketones is 1. The molecular weight excluding hydrogens is 275 g/mol. The minimum atomic E-state index is -1.29. The molecule has 6 heteroatoms. The van der Waals surface area contributed by atoms with E-state index in [1.54, 1.807) is 0 Å². The Morgan fingerprint density at radius 1 is 1.05 bits per heavy atom. The molecular formula is C14H27AlO5. The van der Waals surface area contributed by atoms with E-state index in [1.165, 1.54) is 0 Å². The Hall–Kier alpha value is -0.408. The van der Waals surface area contributed by atoms with Crippen LogP contribution in [-0.4, -0.2) is 39.8 Å². The van der Waals surface area contributed by atoms with Crippen molar-refractivity contribution < 1.29 is 22.3 Å². The van der Waals surface area contributed by atoms with Crippen LogP contribution in [0.25, 0.3) is 0 Å². The molecule has 0 aliphatic heterocycles. The van der Waals surface area contributed by atoms with Crippen LogP contribution in [0.5, 0.6) is 0 Å². The van der Waals surface area contributed by atoms with Crippen LogP contribution in [0, 0.1) is 5.41 Å². The molecule has 0 aromatic heterocycles. The van der Waals surface area contributed by atoms with E-state index in [1.807, 2.05) is 48.5 Å². The number of carbonyl (C=O) groups is 2. The Kier molecular flexibility index (Phi) is 12.3. The Morgan fingerprint density at radius 3 is 1.70 bits per heavy atom. The summed E-state index contributed by atoms with van der Waals surface area (Å²) in [4.78, 5) is 20.8. The number of hydrogen-bond acceptors (Lipinski definition) is 5. The summed E-state index contributed by atoms with van der Waals surface area (Å²) in [5.74, 6) is -1.56. The molecule has 0 bridgehead atoms. The van der Waals surface area contributed by atoms with E-state index in [0.717, 1.165) is 0 Å². The molecule has 0 heterocycles. The first-order valence-electron chi connectivity index (χ1n) is 6.78. The van der Waals surface area contributed by atoms with E-state index in [-0.39, 0.29) is 27.1 Å². The van der Waals surface area contributed by atoms with Gasteiger partial charge in [0.15, 0.2) is 0 Å². The zero-order valence-corrected chi connectivity index (χ0v) is 14.8. The third kappa shape index (κ3) is 22.7. The predicted octanol–water partition coefficient (Wildman–Crippen LogP) is 1.50. The van der Waals surface area contributed by atoms with Crippen molar-refractivity contribution in [1.29, 1.82) is 0 Å². The van der Waals surface area contributed by atoms with Crippen LogP contribution >= 0.6 is 0 Å². The topological polar surface area (TPSA) is 75.7 Å². The second-order valence-electron chi connectivity index (χ2n) is 6.29. The zero-order chi connectivity index (χ0) is 16.3. The Morgan fingerprint density at radius 2 is 1.45 bits per heavy atom. The van der Waals surface area contributed by atoms with E-state index in [9.17, 15) is 14.7 Å². The Bertz CT molecular complexity index is 274. The van der Waals surface area contributed by atoms with Gasteiger partial charge in [0, 0.05) is 18.8 Å². The molecule has 5 nitrogen and oxygen atoms in total.